The molecule has 0 aliphatic rings. The van der Waals surface area contributed by atoms with E-state index in [1.54, 1.807) is 24.3 Å². The Labute approximate surface area is 150 Å². The highest BCUT2D eigenvalue weighted by Gasteiger charge is 2.13. The molecular weight excluding hydrogens is 332 g/mol. The smallest absolute Gasteiger partial charge is 0.248 e. The first-order valence-corrected chi connectivity index (χ1v) is 8.33. The van der Waals surface area contributed by atoms with Crippen LogP contribution in [0.15, 0.2) is 48.5 Å². The number of hydrogen-bond acceptors (Lipinski definition) is 4. The summed E-state index contributed by atoms with van der Waals surface area (Å²) in [6.45, 7) is 0.181. The van der Waals surface area contributed by atoms with Gasteiger partial charge in [0, 0.05) is 24.3 Å². The molecule has 4 N–H and O–H groups in total. The van der Waals surface area contributed by atoms with E-state index in [4.69, 9.17) is 10.8 Å². The topological polar surface area (TPSA) is 110 Å². The van der Waals surface area contributed by atoms with Gasteiger partial charge in [0.05, 0.1) is 11.0 Å². The Hall–Kier alpha value is -3.19. The number of nitrogens with one attached hydrogen (secondary N) is 1. The molecule has 0 bridgehead atoms. The number of nitrogens with two attached hydrogens (primary N) is 1. The van der Waals surface area contributed by atoms with Gasteiger partial charge in [-0.2, -0.15) is 0 Å². The summed E-state index contributed by atoms with van der Waals surface area (Å²) >= 11 is 0. The molecule has 0 aliphatic heterocycles. The van der Waals surface area contributed by atoms with Crippen molar-refractivity contribution in [2.24, 2.45) is 5.73 Å². The van der Waals surface area contributed by atoms with E-state index in [0.29, 0.717) is 24.1 Å². The van der Waals surface area contributed by atoms with Gasteiger partial charge in [-0.25, -0.2) is 4.98 Å². The van der Waals surface area contributed by atoms with Crippen LogP contribution < -0.4 is 11.1 Å². The number of fused-ring (bicyclic) bond motifs is 1. The van der Waals surface area contributed by atoms with E-state index in [1.807, 2.05) is 28.8 Å². The Morgan fingerprint density at radius 1 is 1.12 bits per heavy atom. The first-order chi connectivity index (χ1) is 12.6. The SMILES string of the molecule is NC(=O)c1ccc(NC(=O)Cn2c(CCCO)nc3ccccc32)cc1. The molecule has 2 amide bonds. The van der Waals surface area contributed by atoms with Crippen LogP contribution in [0.5, 0.6) is 0 Å². The van der Waals surface area contributed by atoms with Crippen LogP contribution >= 0.6 is 0 Å². The number of amides is 2. The van der Waals surface area contributed by atoms with Crippen molar-refractivity contribution in [3.63, 3.8) is 0 Å². The lowest BCUT2D eigenvalue weighted by Crippen LogP contribution is -2.20. The van der Waals surface area contributed by atoms with Gasteiger partial charge in [-0.05, 0) is 42.8 Å². The van der Waals surface area contributed by atoms with Gasteiger partial charge in [-0.3, -0.25) is 9.59 Å². The summed E-state index contributed by atoms with van der Waals surface area (Å²) in [6.07, 6.45) is 1.17. The summed E-state index contributed by atoms with van der Waals surface area (Å²) in [5.41, 5.74) is 7.87. The molecule has 0 saturated carbocycles. The molecule has 2 aromatic carbocycles. The highest BCUT2D eigenvalue weighted by molar-refractivity contribution is 5.95. The number of carbonyl (C=O) groups excluding carboxylic acids is 2. The fraction of sp³-hybridized carbons (Fsp3) is 0.211. The molecule has 0 aliphatic carbocycles. The predicted molar refractivity (Wildman–Crippen MR) is 98.7 cm³/mol. The highest BCUT2D eigenvalue weighted by Crippen LogP contribution is 2.18. The summed E-state index contributed by atoms with van der Waals surface area (Å²) in [5.74, 6) is 0.0472. The van der Waals surface area contributed by atoms with E-state index in [2.05, 4.69) is 10.3 Å². The number of hydrogen-bond donors (Lipinski definition) is 3. The van der Waals surface area contributed by atoms with Gasteiger partial charge >= 0.3 is 0 Å². The third-order valence-electron chi connectivity index (χ3n) is 4.05. The van der Waals surface area contributed by atoms with Crippen molar-refractivity contribution in [1.82, 2.24) is 9.55 Å². The van der Waals surface area contributed by atoms with Gasteiger partial charge in [-0.15, -0.1) is 0 Å². The van der Waals surface area contributed by atoms with Crippen LogP contribution in [0.25, 0.3) is 11.0 Å². The average molecular weight is 352 g/mol. The maximum absolute atomic E-state index is 12.5. The van der Waals surface area contributed by atoms with E-state index in [0.717, 1.165) is 16.9 Å². The van der Waals surface area contributed by atoms with Gasteiger partial charge in [0.25, 0.3) is 0 Å². The number of carbonyl (C=O) groups is 2. The van der Waals surface area contributed by atoms with Crippen LogP contribution in [-0.2, 0) is 17.8 Å². The number of aryl methyl sites for hydroxylation is 1. The van der Waals surface area contributed by atoms with E-state index >= 15 is 0 Å². The molecule has 134 valence electrons. The molecule has 0 spiro atoms. The average Bonchev–Trinajstić information content (AvgIpc) is 2.98. The van der Waals surface area contributed by atoms with Gasteiger partial charge in [-0.1, -0.05) is 12.1 Å². The maximum Gasteiger partial charge on any atom is 0.248 e. The summed E-state index contributed by atoms with van der Waals surface area (Å²) in [4.78, 5) is 28.1. The van der Waals surface area contributed by atoms with Crippen molar-refractivity contribution in [3.8, 4) is 0 Å². The summed E-state index contributed by atoms with van der Waals surface area (Å²) < 4.78 is 1.86. The maximum atomic E-state index is 12.5. The molecule has 1 heterocycles. The zero-order chi connectivity index (χ0) is 18.5. The van der Waals surface area contributed by atoms with Crippen molar-refractivity contribution < 1.29 is 14.7 Å². The number of anilines is 1. The number of aromatic nitrogens is 2. The molecule has 26 heavy (non-hydrogen) atoms. The molecule has 3 aromatic rings. The zero-order valence-corrected chi connectivity index (χ0v) is 14.2. The van der Waals surface area contributed by atoms with Crippen molar-refractivity contribution in [1.29, 1.82) is 0 Å². The summed E-state index contributed by atoms with van der Waals surface area (Å²) in [6, 6.07) is 14.0. The molecule has 0 unspecified atom stereocenters. The molecule has 7 heteroatoms. The Balaban J connectivity index is 1.78. The summed E-state index contributed by atoms with van der Waals surface area (Å²) in [5, 5.41) is 11.9. The fourth-order valence-electron chi connectivity index (χ4n) is 2.79. The fourth-order valence-corrected chi connectivity index (χ4v) is 2.79. The van der Waals surface area contributed by atoms with Gasteiger partial charge in [0.15, 0.2) is 0 Å². The number of rotatable bonds is 7. The van der Waals surface area contributed by atoms with E-state index < -0.39 is 5.91 Å². The predicted octanol–water partition coefficient (Wildman–Crippen LogP) is 1.70. The molecule has 1 aromatic heterocycles. The Morgan fingerprint density at radius 2 is 1.85 bits per heavy atom. The Morgan fingerprint density at radius 3 is 2.54 bits per heavy atom. The number of aliphatic hydroxyl groups excluding tert-OH is 1. The van der Waals surface area contributed by atoms with Crippen LogP contribution in [0.2, 0.25) is 0 Å². The number of para-hydroxylation sites is 2. The van der Waals surface area contributed by atoms with Crippen molar-refractivity contribution in [3.05, 3.63) is 59.9 Å². The first kappa shape index (κ1) is 17.6. The molecule has 3 rings (SSSR count). The van der Waals surface area contributed by atoms with Crippen LogP contribution in [-0.4, -0.2) is 33.1 Å². The Bertz CT molecular complexity index is 932. The monoisotopic (exact) mass is 352 g/mol. The normalized spacial score (nSPS) is 10.8. The highest BCUT2D eigenvalue weighted by atomic mass is 16.3. The van der Waals surface area contributed by atoms with E-state index in [1.165, 1.54) is 0 Å². The number of benzene rings is 2. The summed E-state index contributed by atoms with van der Waals surface area (Å²) in [7, 11) is 0. The molecule has 0 fully saturated rings. The molecule has 0 atom stereocenters. The largest absolute Gasteiger partial charge is 0.396 e. The van der Waals surface area contributed by atoms with E-state index in [-0.39, 0.29) is 19.1 Å². The number of aliphatic hydroxyl groups is 1. The van der Waals surface area contributed by atoms with Gasteiger partial charge in [0.1, 0.15) is 12.4 Å². The Kier molecular flexibility index (Phi) is 5.28. The quantitative estimate of drug-likeness (QED) is 0.601. The van der Waals surface area contributed by atoms with Crippen molar-refractivity contribution in [2.45, 2.75) is 19.4 Å². The lowest BCUT2D eigenvalue weighted by atomic mass is 10.2. The minimum atomic E-state index is -0.513. The van der Waals surface area contributed by atoms with Gasteiger partial charge < -0.3 is 20.7 Å². The lowest BCUT2D eigenvalue weighted by Gasteiger charge is -2.10. The second-order valence-electron chi connectivity index (χ2n) is 5.92. The first-order valence-electron chi connectivity index (χ1n) is 8.33. The van der Waals surface area contributed by atoms with Crippen LogP contribution in [0.3, 0.4) is 0 Å². The number of imidazole rings is 1. The van der Waals surface area contributed by atoms with Crippen molar-refractivity contribution >= 4 is 28.5 Å². The molecule has 0 radical (unpaired) electrons. The zero-order valence-electron chi connectivity index (χ0n) is 14.2. The van der Waals surface area contributed by atoms with Crippen LogP contribution in [0.1, 0.15) is 22.6 Å². The van der Waals surface area contributed by atoms with Gasteiger partial charge in [0.2, 0.25) is 11.8 Å². The minimum Gasteiger partial charge on any atom is -0.396 e. The third-order valence-corrected chi connectivity index (χ3v) is 4.05. The standard InChI is InChI=1S/C19H20N4O3/c20-19(26)13-7-9-14(10-8-13)21-18(25)12-23-16-5-2-1-4-15(16)22-17(23)6-3-11-24/h1-2,4-5,7-10,24H,3,6,11-12H2,(H2,20,26)(H,21,25). The van der Waals surface area contributed by atoms with E-state index in [9.17, 15) is 9.59 Å². The second-order valence-corrected chi connectivity index (χ2v) is 5.92. The third kappa shape index (κ3) is 3.89. The lowest BCUT2D eigenvalue weighted by molar-refractivity contribution is -0.116. The van der Waals surface area contributed by atoms with Crippen molar-refractivity contribution in [2.75, 3.05) is 11.9 Å². The van der Waals surface area contributed by atoms with Crippen LogP contribution in [0, 0.1) is 0 Å². The molecular formula is C19H20N4O3. The van der Waals surface area contributed by atoms with Crippen LogP contribution in [0.4, 0.5) is 5.69 Å². The minimum absolute atomic E-state index is 0.0710. The molecule has 7 nitrogen and oxygen atoms in total. The number of nitrogens with zero attached hydrogens (tertiary/aromatic N) is 2. The number of primary amides is 1. The second kappa shape index (κ2) is 7.79. The molecule has 0 saturated heterocycles.